The number of hydrogen-bond acceptors (Lipinski definition) is 4. The Kier molecular flexibility index (Phi) is 2.98. The third-order valence-electron chi connectivity index (χ3n) is 3.20. The number of nitrogens with zero attached hydrogens (tertiary/aromatic N) is 1. The first kappa shape index (κ1) is 12.4. The molecule has 1 aliphatic heterocycles. The molecule has 6 heteroatoms. The number of rotatable bonds is 2. The fourth-order valence-corrected chi connectivity index (χ4v) is 2.28. The van der Waals surface area contributed by atoms with Crippen molar-refractivity contribution in [1.29, 1.82) is 0 Å². The number of anilines is 2. The van der Waals surface area contributed by atoms with E-state index in [0.29, 0.717) is 17.3 Å². The van der Waals surface area contributed by atoms with Gasteiger partial charge in [-0.25, -0.2) is 0 Å². The second-order valence-corrected chi connectivity index (χ2v) is 4.70. The second-order valence-electron chi connectivity index (χ2n) is 4.70. The maximum atomic E-state index is 12.3. The van der Waals surface area contributed by atoms with Gasteiger partial charge in [-0.3, -0.25) is 9.59 Å². The van der Waals surface area contributed by atoms with Gasteiger partial charge in [0.15, 0.2) is 5.82 Å². The van der Waals surface area contributed by atoms with Gasteiger partial charge in [-0.15, -0.1) is 0 Å². The van der Waals surface area contributed by atoms with Crippen molar-refractivity contribution in [2.24, 2.45) is 0 Å². The molecule has 102 valence electrons. The van der Waals surface area contributed by atoms with Gasteiger partial charge in [0.05, 0.1) is 5.92 Å². The molecule has 1 aromatic carbocycles. The molecule has 0 saturated carbocycles. The zero-order valence-corrected chi connectivity index (χ0v) is 10.8. The molecule has 20 heavy (non-hydrogen) atoms. The average Bonchev–Trinajstić information content (AvgIpc) is 2.83. The Morgan fingerprint density at radius 3 is 3.00 bits per heavy atom. The summed E-state index contributed by atoms with van der Waals surface area (Å²) in [5, 5.41) is 9.15. The number of amides is 2. The lowest BCUT2D eigenvalue weighted by Crippen LogP contribution is -2.30. The normalized spacial score (nSPS) is 17.2. The molecule has 0 bridgehead atoms. The Bertz CT molecular complexity index is 678. The van der Waals surface area contributed by atoms with Gasteiger partial charge in [0.1, 0.15) is 5.76 Å². The van der Waals surface area contributed by atoms with E-state index in [-0.39, 0.29) is 18.2 Å². The van der Waals surface area contributed by atoms with Crippen LogP contribution in [0, 0.1) is 6.92 Å². The zero-order valence-electron chi connectivity index (χ0n) is 10.8. The predicted octanol–water partition coefficient (Wildman–Crippen LogP) is 2.05. The summed E-state index contributed by atoms with van der Waals surface area (Å²) in [4.78, 5) is 24.0. The van der Waals surface area contributed by atoms with E-state index in [9.17, 15) is 9.59 Å². The topological polar surface area (TPSA) is 84.2 Å². The molecule has 1 aromatic heterocycles. The van der Waals surface area contributed by atoms with Crippen molar-refractivity contribution in [1.82, 2.24) is 5.16 Å². The van der Waals surface area contributed by atoms with Crippen molar-refractivity contribution in [3.63, 3.8) is 0 Å². The highest BCUT2D eigenvalue weighted by Crippen LogP contribution is 2.32. The summed E-state index contributed by atoms with van der Waals surface area (Å²) in [5.74, 6) is 0.0239. The van der Waals surface area contributed by atoms with Crippen LogP contribution < -0.4 is 10.6 Å². The van der Waals surface area contributed by atoms with Crippen LogP contribution in [-0.2, 0) is 9.59 Å². The number of carbonyl (C=O) groups is 2. The lowest BCUT2D eigenvalue weighted by Gasteiger charge is -2.24. The van der Waals surface area contributed by atoms with Gasteiger partial charge >= 0.3 is 0 Å². The number of aromatic nitrogens is 1. The highest BCUT2D eigenvalue weighted by molar-refractivity contribution is 6.04. The van der Waals surface area contributed by atoms with E-state index in [1.165, 1.54) is 0 Å². The molecule has 0 saturated heterocycles. The monoisotopic (exact) mass is 271 g/mol. The van der Waals surface area contributed by atoms with Crippen molar-refractivity contribution < 1.29 is 14.1 Å². The molecule has 0 spiro atoms. The van der Waals surface area contributed by atoms with Crippen molar-refractivity contribution in [2.45, 2.75) is 19.3 Å². The summed E-state index contributed by atoms with van der Waals surface area (Å²) in [7, 11) is 0. The summed E-state index contributed by atoms with van der Waals surface area (Å²) in [5.41, 5.74) is 1.49. The van der Waals surface area contributed by atoms with E-state index < -0.39 is 5.92 Å². The number of fused-ring (bicyclic) bond motifs is 1. The number of benzene rings is 1. The first-order chi connectivity index (χ1) is 9.63. The predicted molar refractivity (Wildman–Crippen MR) is 72.3 cm³/mol. The summed E-state index contributed by atoms with van der Waals surface area (Å²) in [6.45, 7) is 1.74. The minimum atomic E-state index is -0.517. The minimum Gasteiger partial charge on any atom is -0.360 e. The molecule has 0 fully saturated rings. The SMILES string of the molecule is Cc1cc(NC(=O)[C@H]2CC(=O)Nc3ccccc32)no1. The van der Waals surface area contributed by atoms with E-state index in [2.05, 4.69) is 15.8 Å². The van der Waals surface area contributed by atoms with Gasteiger partial charge in [0, 0.05) is 18.2 Å². The van der Waals surface area contributed by atoms with Gasteiger partial charge < -0.3 is 15.2 Å². The van der Waals surface area contributed by atoms with Crippen molar-refractivity contribution in [3.05, 3.63) is 41.7 Å². The Hall–Kier alpha value is -2.63. The van der Waals surface area contributed by atoms with Crippen molar-refractivity contribution >= 4 is 23.3 Å². The Balaban J connectivity index is 1.86. The molecule has 0 unspecified atom stereocenters. The molecular formula is C14H13N3O3. The van der Waals surface area contributed by atoms with Crippen LogP contribution in [0.5, 0.6) is 0 Å². The summed E-state index contributed by atoms with van der Waals surface area (Å²) >= 11 is 0. The third kappa shape index (κ3) is 2.27. The van der Waals surface area contributed by atoms with Crippen LogP contribution in [0.2, 0.25) is 0 Å². The van der Waals surface area contributed by atoms with Crippen LogP contribution in [0.25, 0.3) is 0 Å². The zero-order chi connectivity index (χ0) is 14.1. The quantitative estimate of drug-likeness (QED) is 0.875. The molecule has 2 aromatic rings. The number of para-hydroxylation sites is 1. The van der Waals surface area contributed by atoms with Crippen LogP contribution in [0.1, 0.15) is 23.7 Å². The van der Waals surface area contributed by atoms with Crippen molar-refractivity contribution in [3.8, 4) is 0 Å². The molecule has 1 atom stereocenters. The molecule has 2 amide bonds. The van der Waals surface area contributed by atoms with E-state index in [0.717, 1.165) is 5.56 Å². The maximum Gasteiger partial charge on any atom is 0.233 e. The van der Waals surface area contributed by atoms with Crippen LogP contribution in [0.4, 0.5) is 11.5 Å². The molecule has 0 radical (unpaired) electrons. The summed E-state index contributed by atoms with van der Waals surface area (Å²) in [6, 6.07) is 8.92. The first-order valence-corrected chi connectivity index (χ1v) is 6.26. The number of nitrogens with one attached hydrogen (secondary N) is 2. The third-order valence-corrected chi connectivity index (χ3v) is 3.20. The highest BCUT2D eigenvalue weighted by atomic mass is 16.5. The Morgan fingerprint density at radius 2 is 2.25 bits per heavy atom. The van der Waals surface area contributed by atoms with E-state index in [1.54, 1.807) is 19.1 Å². The first-order valence-electron chi connectivity index (χ1n) is 6.26. The van der Waals surface area contributed by atoms with Gasteiger partial charge in [0.2, 0.25) is 11.8 Å². The Labute approximate surface area is 115 Å². The molecule has 1 aliphatic rings. The molecule has 2 heterocycles. The smallest absolute Gasteiger partial charge is 0.233 e. The fourth-order valence-electron chi connectivity index (χ4n) is 2.28. The highest BCUT2D eigenvalue weighted by Gasteiger charge is 2.30. The molecular weight excluding hydrogens is 258 g/mol. The molecule has 6 nitrogen and oxygen atoms in total. The van der Waals surface area contributed by atoms with Gasteiger partial charge in [-0.1, -0.05) is 23.4 Å². The molecule has 0 aliphatic carbocycles. The number of hydrogen-bond donors (Lipinski definition) is 2. The lowest BCUT2D eigenvalue weighted by molar-refractivity contribution is -0.123. The number of carbonyl (C=O) groups excluding carboxylic acids is 2. The lowest BCUT2D eigenvalue weighted by atomic mass is 9.90. The van der Waals surface area contributed by atoms with Crippen LogP contribution in [0.15, 0.2) is 34.9 Å². The fraction of sp³-hybridized carbons (Fsp3) is 0.214. The van der Waals surface area contributed by atoms with Gasteiger partial charge in [0.25, 0.3) is 0 Å². The van der Waals surface area contributed by atoms with E-state index >= 15 is 0 Å². The van der Waals surface area contributed by atoms with E-state index in [1.807, 2.05) is 18.2 Å². The van der Waals surface area contributed by atoms with Crippen molar-refractivity contribution in [2.75, 3.05) is 10.6 Å². The van der Waals surface area contributed by atoms with Crippen LogP contribution in [-0.4, -0.2) is 17.0 Å². The minimum absolute atomic E-state index is 0.125. The van der Waals surface area contributed by atoms with Gasteiger partial charge in [-0.05, 0) is 18.6 Å². The standard InChI is InChI=1S/C14H13N3O3/c1-8-6-12(17-20-8)16-14(19)10-7-13(18)15-11-5-3-2-4-9(10)11/h2-6,10H,7H2,1H3,(H,15,18)(H,16,17,19)/t10-/m0/s1. The van der Waals surface area contributed by atoms with E-state index in [4.69, 9.17) is 4.52 Å². The number of aryl methyl sites for hydroxylation is 1. The summed E-state index contributed by atoms with van der Waals surface area (Å²) in [6.07, 6.45) is 0.125. The van der Waals surface area contributed by atoms with Crippen LogP contribution >= 0.6 is 0 Å². The second kappa shape index (κ2) is 4.80. The maximum absolute atomic E-state index is 12.3. The average molecular weight is 271 g/mol. The molecule has 3 rings (SSSR count). The summed E-state index contributed by atoms with van der Waals surface area (Å²) < 4.78 is 4.90. The largest absolute Gasteiger partial charge is 0.360 e. The Morgan fingerprint density at radius 1 is 1.45 bits per heavy atom. The van der Waals surface area contributed by atoms with Crippen LogP contribution in [0.3, 0.4) is 0 Å². The van der Waals surface area contributed by atoms with Gasteiger partial charge in [-0.2, -0.15) is 0 Å². The molecule has 2 N–H and O–H groups in total.